The number of alkyl halides is 2. The van der Waals surface area contributed by atoms with Crippen molar-refractivity contribution in [3.63, 3.8) is 0 Å². The van der Waals surface area contributed by atoms with E-state index in [1.54, 1.807) is 0 Å². The molecule has 0 aromatic carbocycles. The molecule has 2 rings (SSSR count). The van der Waals surface area contributed by atoms with Crippen LogP contribution in [0.2, 0.25) is 0 Å². The van der Waals surface area contributed by atoms with Crippen LogP contribution < -0.4 is 0 Å². The minimum Gasteiger partial charge on any atom is -0.393 e. The molecule has 2 saturated carbocycles. The number of hydrogen-bond acceptors (Lipinski definition) is 1. The first-order valence-corrected chi connectivity index (χ1v) is 3.12. The van der Waals surface area contributed by atoms with Gasteiger partial charge in [-0.1, -0.05) is 0 Å². The predicted molar refractivity (Wildman–Crippen MR) is 27.2 cm³/mol. The lowest BCUT2D eigenvalue weighted by Crippen LogP contribution is -2.34. The van der Waals surface area contributed by atoms with Crippen molar-refractivity contribution in [3.05, 3.63) is 0 Å². The predicted octanol–water partition coefficient (Wildman–Crippen LogP) is 1.17. The van der Waals surface area contributed by atoms with Crippen LogP contribution in [-0.4, -0.2) is 17.1 Å². The number of rotatable bonds is 0. The molecule has 1 nitrogen and oxygen atoms in total. The zero-order valence-electron chi connectivity index (χ0n) is 4.90. The van der Waals surface area contributed by atoms with Gasteiger partial charge in [0.05, 0.1) is 6.10 Å². The molecule has 2 aliphatic rings. The topological polar surface area (TPSA) is 20.2 Å². The van der Waals surface area contributed by atoms with Crippen molar-refractivity contribution in [3.8, 4) is 0 Å². The average Bonchev–Trinajstić information content (AvgIpc) is 2.06. The Kier molecular flexibility index (Phi) is 0.712. The Morgan fingerprint density at radius 2 is 1.78 bits per heavy atom. The molecular weight excluding hydrogens is 126 g/mol. The second-order valence-electron chi connectivity index (χ2n) is 3.22. The molecule has 0 aromatic heterocycles. The second kappa shape index (κ2) is 1.15. The average molecular weight is 134 g/mol. The van der Waals surface area contributed by atoms with E-state index in [-0.39, 0.29) is 6.42 Å². The van der Waals surface area contributed by atoms with Crippen molar-refractivity contribution in [2.45, 2.75) is 31.3 Å². The maximum atomic E-state index is 12.3. The molecule has 0 saturated heterocycles. The number of halogens is 2. The van der Waals surface area contributed by atoms with Gasteiger partial charge in [0, 0.05) is 11.8 Å². The summed E-state index contributed by atoms with van der Waals surface area (Å²) in [5.41, 5.74) is -0.744. The van der Waals surface area contributed by atoms with Gasteiger partial charge in [-0.15, -0.1) is 0 Å². The smallest absolute Gasteiger partial charge is 0.254 e. The number of aliphatic hydroxyl groups excluding tert-OH is 1. The van der Waals surface area contributed by atoms with E-state index in [0.717, 1.165) is 0 Å². The van der Waals surface area contributed by atoms with Crippen LogP contribution in [0.5, 0.6) is 0 Å². The quantitative estimate of drug-likeness (QED) is 0.527. The van der Waals surface area contributed by atoms with Crippen LogP contribution in [0.1, 0.15) is 19.3 Å². The van der Waals surface area contributed by atoms with Gasteiger partial charge in [-0.3, -0.25) is 0 Å². The Bertz CT molecular complexity index is 149. The molecule has 9 heavy (non-hydrogen) atoms. The van der Waals surface area contributed by atoms with E-state index >= 15 is 0 Å². The van der Waals surface area contributed by atoms with Crippen molar-refractivity contribution >= 4 is 0 Å². The lowest BCUT2D eigenvalue weighted by molar-refractivity contribution is -0.0442. The SMILES string of the molecule is O[C@H]1C[C@@]2(CC2(F)F)C1. The van der Waals surface area contributed by atoms with Gasteiger partial charge >= 0.3 is 0 Å². The summed E-state index contributed by atoms with van der Waals surface area (Å²) in [6.45, 7) is 0. The second-order valence-corrected chi connectivity index (χ2v) is 3.22. The maximum Gasteiger partial charge on any atom is 0.254 e. The number of aliphatic hydroxyl groups is 1. The van der Waals surface area contributed by atoms with E-state index < -0.39 is 17.4 Å². The lowest BCUT2D eigenvalue weighted by Gasteiger charge is -2.31. The first kappa shape index (κ1) is 5.59. The standard InChI is InChI=1S/C6H8F2O/c7-6(8)3-5(6)1-4(9)2-5/h4,9H,1-3H2/t4-,5-. The lowest BCUT2D eigenvalue weighted by atomic mass is 9.78. The van der Waals surface area contributed by atoms with Crippen molar-refractivity contribution in [1.29, 1.82) is 0 Å². The summed E-state index contributed by atoms with van der Waals surface area (Å²) >= 11 is 0. The van der Waals surface area contributed by atoms with Crippen molar-refractivity contribution in [2.75, 3.05) is 0 Å². The van der Waals surface area contributed by atoms with Crippen LogP contribution >= 0.6 is 0 Å². The third-order valence-corrected chi connectivity index (χ3v) is 2.46. The van der Waals surface area contributed by atoms with Crippen LogP contribution in [0.15, 0.2) is 0 Å². The summed E-state index contributed by atoms with van der Waals surface area (Å²) in [6.07, 6.45) is 0.204. The molecule has 1 N–H and O–H groups in total. The van der Waals surface area contributed by atoms with Crippen LogP contribution in [0.4, 0.5) is 8.78 Å². The van der Waals surface area contributed by atoms with E-state index in [0.29, 0.717) is 12.8 Å². The summed E-state index contributed by atoms with van der Waals surface area (Å²) < 4.78 is 24.6. The van der Waals surface area contributed by atoms with Gasteiger partial charge in [0.15, 0.2) is 0 Å². The number of hydrogen-bond donors (Lipinski definition) is 1. The molecule has 0 atom stereocenters. The van der Waals surface area contributed by atoms with E-state index in [2.05, 4.69) is 0 Å². The molecule has 3 heteroatoms. The summed E-state index contributed by atoms with van der Waals surface area (Å²) in [5.74, 6) is -2.44. The molecule has 0 bridgehead atoms. The van der Waals surface area contributed by atoms with E-state index in [4.69, 9.17) is 5.11 Å². The highest BCUT2D eigenvalue weighted by molar-refractivity contribution is 5.17. The third-order valence-electron chi connectivity index (χ3n) is 2.46. The molecule has 0 amide bonds. The minimum absolute atomic E-state index is 0.0110. The first-order valence-electron chi connectivity index (χ1n) is 3.12. The van der Waals surface area contributed by atoms with Crippen molar-refractivity contribution < 1.29 is 13.9 Å². The van der Waals surface area contributed by atoms with Gasteiger partial charge in [0.25, 0.3) is 5.92 Å². The molecule has 0 unspecified atom stereocenters. The Morgan fingerprint density at radius 3 is 1.89 bits per heavy atom. The summed E-state index contributed by atoms with van der Waals surface area (Å²) in [7, 11) is 0. The summed E-state index contributed by atoms with van der Waals surface area (Å²) in [5, 5.41) is 8.72. The normalized spacial score (nSPS) is 53.0. The van der Waals surface area contributed by atoms with E-state index in [1.807, 2.05) is 0 Å². The molecule has 0 aromatic rings. The van der Waals surface area contributed by atoms with Crippen LogP contribution in [0, 0.1) is 5.41 Å². The minimum atomic E-state index is -2.44. The fourth-order valence-electron chi connectivity index (χ4n) is 1.67. The monoisotopic (exact) mass is 134 g/mol. The van der Waals surface area contributed by atoms with E-state index in [9.17, 15) is 8.78 Å². The summed E-state index contributed by atoms with van der Waals surface area (Å²) in [4.78, 5) is 0. The van der Waals surface area contributed by atoms with E-state index in [1.165, 1.54) is 0 Å². The van der Waals surface area contributed by atoms with Gasteiger partial charge in [0.1, 0.15) is 0 Å². The maximum absolute atomic E-state index is 12.3. The van der Waals surface area contributed by atoms with Crippen LogP contribution in [0.25, 0.3) is 0 Å². The van der Waals surface area contributed by atoms with Crippen LogP contribution in [-0.2, 0) is 0 Å². The van der Waals surface area contributed by atoms with Gasteiger partial charge in [0.2, 0.25) is 0 Å². The summed E-state index contributed by atoms with van der Waals surface area (Å²) in [6, 6.07) is 0. The van der Waals surface area contributed by atoms with Crippen molar-refractivity contribution in [2.24, 2.45) is 5.41 Å². The van der Waals surface area contributed by atoms with Gasteiger partial charge < -0.3 is 5.11 Å². The fourth-order valence-corrected chi connectivity index (χ4v) is 1.67. The molecule has 0 heterocycles. The molecule has 0 radical (unpaired) electrons. The zero-order chi connectivity index (χ0) is 6.70. The fraction of sp³-hybridized carbons (Fsp3) is 1.00. The molecule has 1 spiro atoms. The highest BCUT2D eigenvalue weighted by atomic mass is 19.3. The molecule has 2 aliphatic carbocycles. The largest absolute Gasteiger partial charge is 0.393 e. The molecule has 0 aliphatic heterocycles. The Labute approximate surface area is 51.7 Å². The Morgan fingerprint density at radius 1 is 1.33 bits per heavy atom. The highest BCUT2D eigenvalue weighted by Gasteiger charge is 2.75. The van der Waals surface area contributed by atoms with Gasteiger partial charge in [-0.25, -0.2) is 8.78 Å². The van der Waals surface area contributed by atoms with Crippen LogP contribution in [0.3, 0.4) is 0 Å². The highest BCUT2D eigenvalue weighted by Crippen LogP contribution is 2.70. The van der Waals surface area contributed by atoms with Gasteiger partial charge in [-0.2, -0.15) is 0 Å². The third kappa shape index (κ3) is 0.509. The van der Waals surface area contributed by atoms with Gasteiger partial charge in [-0.05, 0) is 12.8 Å². The first-order chi connectivity index (χ1) is 4.06. The molecule has 52 valence electrons. The zero-order valence-corrected chi connectivity index (χ0v) is 4.90. The Balaban J connectivity index is 2.03. The molecular formula is C6H8F2O. The molecule has 2 fully saturated rings. The van der Waals surface area contributed by atoms with Crippen molar-refractivity contribution in [1.82, 2.24) is 0 Å². The Hall–Kier alpha value is -0.180.